The van der Waals surface area contributed by atoms with E-state index >= 15 is 0 Å². The maximum absolute atomic E-state index is 6.09. The minimum Gasteiger partial charge on any atom is -0.324 e. The first-order valence-corrected chi connectivity index (χ1v) is 9.93. The van der Waals surface area contributed by atoms with Crippen molar-refractivity contribution in [3.63, 3.8) is 0 Å². The van der Waals surface area contributed by atoms with Crippen LogP contribution in [0, 0.1) is 0 Å². The maximum Gasteiger partial charge on any atom is 0.135 e. The van der Waals surface area contributed by atoms with Crippen molar-refractivity contribution in [2.45, 2.75) is 32.2 Å². The van der Waals surface area contributed by atoms with Gasteiger partial charge in [-0.05, 0) is 38.6 Å². The second-order valence-electron chi connectivity index (χ2n) is 7.50. The molecule has 3 rings (SSSR count). The molecule has 0 aromatic heterocycles. The largest absolute Gasteiger partial charge is 0.324 e. The maximum atomic E-state index is 6.09. The summed E-state index contributed by atoms with van der Waals surface area (Å²) in [5.41, 5.74) is 9.25. The van der Waals surface area contributed by atoms with Gasteiger partial charge in [0.2, 0.25) is 0 Å². The average Bonchev–Trinajstić information content (AvgIpc) is 3.02. The Hall–Kier alpha value is -2.50. The molecule has 0 saturated carbocycles. The molecule has 148 valence electrons. The van der Waals surface area contributed by atoms with Crippen LogP contribution in [0.4, 0.5) is 0 Å². The third kappa shape index (κ3) is 3.73. The molecule has 2 N–H and O–H groups in total. The summed E-state index contributed by atoms with van der Waals surface area (Å²) < 4.78 is 0. The summed E-state index contributed by atoms with van der Waals surface area (Å²) >= 11 is 0. The van der Waals surface area contributed by atoms with E-state index < -0.39 is 0 Å². The average molecular weight is 378 g/mol. The van der Waals surface area contributed by atoms with Gasteiger partial charge in [-0.15, -0.1) is 0 Å². The zero-order valence-electron chi connectivity index (χ0n) is 17.3. The number of rotatable bonds is 6. The van der Waals surface area contributed by atoms with Crippen LogP contribution < -0.4 is 5.73 Å². The van der Waals surface area contributed by atoms with Crippen LogP contribution in [-0.4, -0.2) is 54.3 Å². The van der Waals surface area contributed by atoms with Crippen LogP contribution in [0.5, 0.6) is 0 Å². The molecule has 0 radical (unpaired) electrons. The topological polar surface area (TPSA) is 57.2 Å². The lowest BCUT2D eigenvalue weighted by Crippen LogP contribution is -2.47. The molecule has 0 spiro atoms. The summed E-state index contributed by atoms with van der Waals surface area (Å²) in [6.07, 6.45) is 0. The number of hydrazone groups is 1. The SMILES string of the molecule is CCN(C)CN=C(CN)N1N=C(c2ccccc2)C(C)(c2ccccc2)C1C. The highest BCUT2D eigenvalue weighted by atomic mass is 15.5. The third-order valence-corrected chi connectivity index (χ3v) is 5.80. The first-order valence-electron chi connectivity index (χ1n) is 9.93. The Labute approximate surface area is 168 Å². The summed E-state index contributed by atoms with van der Waals surface area (Å²) in [6, 6.07) is 21.1. The zero-order valence-corrected chi connectivity index (χ0v) is 17.3. The Bertz CT molecular complexity index is 831. The van der Waals surface area contributed by atoms with Crippen LogP contribution in [0.1, 0.15) is 31.9 Å². The molecular formula is C23H31N5. The van der Waals surface area contributed by atoms with Gasteiger partial charge < -0.3 is 5.73 Å². The van der Waals surface area contributed by atoms with Gasteiger partial charge in [-0.25, -0.2) is 5.01 Å². The van der Waals surface area contributed by atoms with Crippen LogP contribution in [0.2, 0.25) is 0 Å². The van der Waals surface area contributed by atoms with E-state index in [1.54, 1.807) is 0 Å². The fraction of sp³-hybridized carbons (Fsp3) is 0.391. The molecule has 0 amide bonds. The lowest BCUT2D eigenvalue weighted by molar-refractivity contribution is 0.304. The molecule has 0 aliphatic carbocycles. The molecule has 0 fully saturated rings. The predicted molar refractivity (Wildman–Crippen MR) is 118 cm³/mol. The molecule has 2 aromatic carbocycles. The van der Waals surface area contributed by atoms with Crippen molar-refractivity contribution >= 4 is 11.5 Å². The molecular weight excluding hydrogens is 346 g/mol. The number of benzene rings is 2. The Morgan fingerprint density at radius 2 is 1.75 bits per heavy atom. The van der Waals surface area contributed by atoms with Crippen LogP contribution in [-0.2, 0) is 5.41 Å². The summed E-state index contributed by atoms with van der Waals surface area (Å²) in [5, 5.41) is 7.09. The highest BCUT2D eigenvalue weighted by Crippen LogP contribution is 2.40. The number of nitrogens with zero attached hydrogens (tertiary/aromatic N) is 4. The molecule has 28 heavy (non-hydrogen) atoms. The van der Waals surface area contributed by atoms with Gasteiger partial charge in [-0.1, -0.05) is 67.6 Å². The van der Waals surface area contributed by atoms with Crippen molar-refractivity contribution in [1.82, 2.24) is 9.91 Å². The van der Waals surface area contributed by atoms with Crippen LogP contribution in [0.25, 0.3) is 0 Å². The number of hydrogen-bond acceptors (Lipinski definition) is 4. The van der Waals surface area contributed by atoms with Gasteiger partial charge >= 0.3 is 0 Å². The van der Waals surface area contributed by atoms with Crippen molar-refractivity contribution in [2.24, 2.45) is 15.8 Å². The smallest absolute Gasteiger partial charge is 0.135 e. The number of nitrogens with two attached hydrogens (primary N) is 1. The van der Waals surface area contributed by atoms with Gasteiger partial charge in [-0.2, -0.15) is 5.10 Å². The summed E-state index contributed by atoms with van der Waals surface area (Å²) in [4.78, 5) is 6.92. The van der Waals surface area contributed by atoms with Gasteiger partial charge in [0.05, 0.1) is 30.4 Å². The van der Waals surface area contributed by atoms with Crippen molar-refractivity contribution in [3.05, 3.63) is 71.8 Å². The van der Waals surface area contributed by atoms with Crippen molar-refractivity contribution < 1.29 is 0 Å². The molecule has 0 saturated heterocycles. The molecule has 2 atom stereocenters. The number of hydrogen-bond donors (Lipinski definition) is 1. The quantitative estimate of drug-likeness (QED) is 0.621. The molecule has 2 aromatic rings. The molecule has 1 heterocycles. The van der Waals surface area contributed by atoms with E-state index in [-0.39, 0.29) is 11.5 Å². The highest BCUT2D eigenvalue weighted by molar-refractivity contribution is 6.10. The summed E-state index contributed by atoms with van der Waals surface area (Å²) in [7, 11) is 2.05. The van der Waals surface area contributed by atoms with Gasteiger partial charge in [0.15, 0.2) is 0 Å². The first-order chi connectivity index (χ1) is 13.5. The van der Waals surface area contributed by atoms with E-state index in [1.165, 1.54) is 5.56 Å². The second-order valence-corrected chi connectivity index (χ2v) is 7.50. The number of amidine groups is 1. The molecule has 0 bridgehead atoms. The van der Waals surface area contributed by atoms with Gasteiger partial charge in [0.1, 0.15) is 5.84 Å². The minimum atomic E-state index is -0.269. The van der Waals surface area contributed by atoms with Gasteiger partial charge in [-0.3, -0.25) is 9.89 Å². The van der Waals surface area contributed by atoms with E-state index in [0.717, 1.165) is 23.7 Å². The Balaban J connectivity index is 2.08. The first kappa shape index (κ1) is 20.2. The molecule has 1 aliphatic rings. The van der Waals surface area contributed by atoms with Gasteiger partial charge in [0, 0.05) is 0 Å². The minimum absolute atomic E-state index is 0.0966. The molecule has 5 heteroatoms. The Morgan fingerprint density at radius 1 is 1.14 bits per heavy atom. The fourth-order valence-electron chi connectivity index (χ4n) is 3.67. The van der Waals surface area contributed by atoms with E-state index in [1.807, 2.05) is 11.1 Å². The van der Waals surface area contributed by atoms with E-state index in [0.29, 0.717) is 13.2 Å². The van der Waals surface area contributed by atoms with Crippen molar-refractivity contribution in [1.29, 1.82) is 0 Å². The predicted octanol–water partition coefficient (Wildman–Crippen LogP) is 3.32. The standard InChI is InChI=1S/C23H31N5/c1-5-27(4)17-25-21(16-24)28-18(2)23(3,20-14-10-7-11-15-20)22(26-28)19-12-8-6-9-13-19/h6-15,18H,5,16-17,24H2,1-4H3. The summed E-state index contributed by atoms with van der Waals surface area (Å²) in [5.74, 6) is 0.820. The molecule has 5 nitrogen and oxygen atoms in total. The van der Waals surface area contributed by atoms with Gasteiger partial charge in [0.25, 0.3) is 0 Å². The van der Waals surface area contributed by atoms with Crippen molar-refractivity contribution in [3.8, 4) is 0 Å². The number of aliphatic imine (C=N–C) groups is 1. The van der Waals surface area contributed by atoms with Crippen LogP contribution in [0.3, 0.4) is 0 Å². The van der Waals surface area contributed by atoms with Crippen LogP contribution >= 0.6 is 0 Å². The third-order valence-electron chi connectivity index (χ3n) is 5.80. The second kappa shape index (κ2) is 8.67. The summed E-state index contributed by atoms with van der Waals surface area (Å²) in [6.45, 7) is 8.51. The lowest BCUT2D eigenvalue weighted by Gasteiger charge is -2.34. The lowest BCUT2D eigenvalue weighted by atomic mass is 9.71. The highest BCUT2D eigenvalue weighted by Gasteiger charge is 2.48. The van der Waals surface area contributed by atoms with Crippen molar-refractivity contribution in [2.75, 3.05) is 26.8 Å². The fourth-order valence-corrected chi connectivity index (χ4v) is 3.67. The zero-order chi connectivity index (χ0) is 20.1. The normalized spacial score (nSPS) is 22.6. The van der Waals surface area contributed by atoms with E-state index in [2.05, 4.69) is 87.3 Å². The molecule has 2 unspecified atom stereocenters. The molecule has 1 aliphatic heterocycles. The Kier molecular flexibility index (Phi) is 6.27. The van der Waals surface area contributed by atoms with E-state index in [9.17, 15) is 0 Å². The van der Waals surface area contributed by atoms with E-state index in [4.69, 9.17) is 15.8 Å². The Morgan fingerprint density at radius 3 is 2.32 bits per heavy atom. The van der Waals surface area contributed by atoms with Crippen LogP contribution in [0.15, 0.2) is 70.8 Å². The monoisotopic (exact) mass is 377 g/mol.